The maximum atomic E-state index is 4.03. The standard InChI is InChI=1S/C16H17N3/c1-2-4-16-15(3-1)14(12-19-16)7-10-18-11-13-5-8-17-9-6-13/h1-6,8-9,12,18-19H,7,10-11H2/p+1. The third-order valence-electron chi connectivity index (χ3n) is 3.42. The number of benzene rings is 1. The number of fused-ring (bicyclic) bond motifs is 1. The molecule has 0 radical (unpaired) electrons. The van der Waals surface area contributed by atoms with Crippen molar-refractivity contribution in [2.75, 3.05) is 6.54 Å². The number of nitrogens with two attached hydrogens (primary N) is 1. The van der Waals surface area contributed by atoms with Crippen molar-refractivity contribution >= 4 is 10.9 Å². The van der Waals surface area contributed by atoms with Gasteiger partial charge in [0, 0.05) is 41.5 Å². The number of para-hydroxylation sites is 1. The number of aromatic nitrogens is 2. The van der Waals surface area contributed by atoms with Crippen molar-refractivity contribution in [3.8, 4) is 0 Å². The van der Waals surface area contributed by atoms with Crippen molar-refractivity contribution in [3.63, 3.8) is 0 Å². The zero-order valence-corrected chi connectivity index (χ0v) is 10.8. The van der Waals surface area contributed by atoms with Crippen molar-refractivity contribution in [2.24, 2.45) is 0 Å². The topological polar surface area (TPSA) is 45.3 Å². The van der Waals surface area contributed by atoms with E-state index in [9.17, 15) is 0 Å². The van der Waals surface area contributed by atoms with E-state index in [1.54, 1.807) is 0 Å². The zero-order chi connectivity index (χ0) is 12.9. The Balaban J connectivity index is 1.55. The molecule has 19 heavy (non-hydrogen) atoms. The Bertz CT molecular complexity index is 643. The Hall–Kier alpha value is -2.13. The van der Waals surface area contributed by atoms with Gasteiger partial charge in [-0.1, -0.05) is 18.2 Å². The zero-order valence-electron chi connectivity index (χ0n) is 10.8. The first-order valence-electron chi connectivity index (χ1n) is 6.69. The molecule has 0 spiro atoms. The summed E-state index contributed by atoms with van der Waals surface area (Å²) in [6.07, 6.45) is 6.92. The lowest BCUT2D eigenvalue weighted by Gasteiger charge is -2.01. The third-order valence-corrected chi connectivity index (χ3v) is 3.42. The molecular weight excluding hydrogens is 234 g/mol. The van der Waals surface area contributed by atoms with E-state index in [0.717, 1.165) is 19.5 Å². The minimum atomic E-state index is 1.02. The Labute approximate surface area is 112 Å². The molecule has 0 aliphatic heterocycles. The highest BCUT2D eigenvalue weighted by Crippen LogP contribution is 2.17. The molecule has 1 aromatic carbocycles. The molecule has 0 aliphatic carbocycles. The van der Waals surface area contributed by atoms with Crippen molar-refractivity contribution < 1.29 is 5.32 Å². The lowest BCUT2D eigenvalue weighted by Crippen LogP contribution is -2.83. The van der Waals surface area contributed by atoms with Crippen LogP contribution >= 0.6 is 0 Å². The molecule has 0 fully saturated rings. The van der Waals surface area contributed by atoms with Crippen molar-refractivity contribution in [3.05, 3.63) is 66.1 Å². The number of rotatable bonds is 5. The van der Waals surface area contributed by atoms with Gasteiger partial charge in [0.1, 0.15) is 6.54 Å². The fraction of sp³-hybridized carbons (Fsp3) is 0.188. The van der Waals surface area contributed by atoms with E-state index in [1.807, 2.05) is 12.4 Å². The SMILES string of the molecule is c1ccc2c(CC[NH2+]Cc3ccncc3)c[nH]c2c1. The molecule has 3 rings (SSSR count). The minimum Gasteiger partial charge on any atom is -0.361 e. The van der Waals surface area contributed by atoms with E-state index in [4.69, 9.17) is 0 Å². The van der Waals surface area contributed by atoms with Crippen LogP contribution in [0.25, 0.3) is 10.9 Å². The van der Waals surface area contributed by atoms with Crippen LogP contribution in [0.1, 0.15) is 11.1 Å². The molecule has 2 aromatic heterocycles. The van der Waals surface area contributed by atoms with Gasteiger partial charge in [0.2, 0.25) is 0 Å². The summed E-state index contributed by atoms with van der Waals surface area (Å²) in [5, 5.41) is 3.69. The lowest BCUT2D eigenvalue weighted by atomic mass is 10.1. The molecule has 3 N–H and O–H groups in total. The summed E-state index contributed by atoms with van der Waals surface area (Å²) >= 11 is 0. The molecule has 3 nitrogen and oxygen atoms in total. The minimum absolute atomic E-state index is 1.02. The summed E-state index contributed by atoms with van der Waals surface area (Å²) in [6, 6.07) is 12.6. The molecular formula is C16H18N3+. The maximum absolute atomic E-state index is 4.03. The quantitative estimate of drug-likeness (QED) is 0.669. The maximum Gasteiger partial charge on any atom is 0.101 e. The van der Waals surface area contributed by atoms with E-state index in [1.165, 1.54) is 22.0 Å². The van der Waals surface area contributed by atoms with Gasteiger partial charge in [-0.3, -0.25) is 4.98 Å². The van der Waals surface area contributed by atoms with Gasteiger partial charge in [-0.2, -0.15) is 0 Å². The van der Waals surface area contributed by atoms with Crippen molar-refractivity contribution in [2.45, 2.75) is 13.0 Å². The van der Waals surface area contributed by atoms with Gasteiger partial charge in [-0.25, -0.2) is 0 Å². The van der Waals surface area contributed by atoms with Crippen LogP contribution in [0.2, 0.25) is 0 Å². The molecule has 96 valence electrons. The van der Waals surface area contributed by atoms with Gasteiger partial charge in [-0.05, 0) is 23.8 Å². The Morgan fingerprint density at radius 3 is 2.79 bits per heavy atom. The second-order valence-electron chi connectivity index (χ2n) is 4.75. The third kappa shape index (κ3) is 2.83. The van der Waals surface area contributed by atoms with Gasteiger partial charge >= 0.3 is 0 Å². The predicted molar refractivity (Wildman–Crippen MR) is 76.7 cm³/mol. The number of nitrogens with one attached hydrogen (secondary N) is 1. The van der Waals surface area contributed by atoms with Crippen LogP contribution in [0.4, 0.5) is 0 Å². The summed E-state index contributed by atoms with van der Waals surface area (Å²) < 4.78 is 0. The molecule has 0 saturated heterocycles. The van der Waals surface area contributed by atoms with Gasteiger partial charge in [0.15, 0.2) is 0 Å². The van der Waals surface area contributed by atoms with Crippen LogP contribution in [0.3, 0.4) is 0 Å². The smallest absolute Gasteiger partial charge is 0.101 e. The first kappa shape index (κ1) is 11.9. The number of pyridine rings is 1. The summed E-state index contributed by atoms with van der Waals surface area (Å²) in [4.78, 5) is 7.36. The number of nitrogens with zero attached hydrogens (tertiary/aromatic N) is 1. The number of H-pyrrole nitrogens is 1. The molecule has 0 saturated carbocycles. The molecule has 0 atom stereocenters. The Kier molecular flexibility index (Phi) is 3.56. The van der Waals surface area contributed by atoms with E-state index in [2.05, 4.69) is 57.9 Å². The van der Waals surface area contributed by atoms with Crippen molar-refractivity contribution in [1.82, 2.24) is 9.97 Å². The van der Waals surface area contributed by atoms with E-state index >= 15 is 0 Å². The highest BCUT2D eigenvalue weighted by atomic mass is 14.8. The van der Waals surface area contributed by atoms with Crippen LogP contribution in [-0.4, -0.2) is 16.5 Å². The normalized spacial score (nSPS) is 10.9. The van der Waals surface area contributed by atoms with Crippen LogP contribution in [-0.2, 0) is 13.0 Å². The van der Waals surface area contributed by atoms with Crippen LogP contribution < -0.4 is 5.32 Å². The summed E-state index contributed by atoms with van der Waals surface area (Å²) in [7, 11) is 0. The van der Waals surface area contributed by atoms with E-state index in [0.29, 0.717) is 0 Å². The van der Waals surface area contributed by atoms with Gasteiger partial charge in [0.05, 0.1) is 6.54 Å². The van der Waals surface area contributed by atoms with E-state index < -0.39 is 0 Å². The summed E-state index contributed by atoms with van der Waals surface area (Å²) in [5.74, 6) is 0. The number of aromatic amines is 1. The number of hydrogen-bond donors (Lipinski definition) is 2. The van der Waals surface area contributed by atoms with Crippen LogP contribution in [0.5, 0.6) is 0 Å². The van der Waals surface area contributed by atoms with Gasteiger partial charge in [0.25, 0.3) is 0 Å². The van der Waals surface area contributed by atoms with Crippen molar-refractivity contribution in [1.29, 1.82) is 0 Å². The molecule has 0 unspecified atom stereocenters. The Morgan fingerprint density at radius 1 is 1.05 bits per heavy atom. The monoisotopic (exact) mass is 252 g/mol. The molecule has 0 amide bonds. The molecule has 3 heteroatoms. The van der Waals surface area contributed by atoms with Gasteiger partial charge in [-0.15, -0.1) is 0 Å². The summed E-state index contributed by atoms with van der Waals surface area (Å²) in [5.41, 5.74) is 3.96. The fourth-order valence-electron chi connectivity index (χ4n) is 2.38. The second-order valence-corrected chi connectivity index (χ2v) is 4.75. The fourth-order valence-corrected chi connectivity index (χ4v) is 2.38. The second kappa shape index (κ2) is 5.67. The Morgan fingerprint density at radius 2 is 1.89 bits per heavy atom. The first-order chi connectivity index (χ1) is 9.43. The number of quaternary nitrogens is 1. The van der Waals surface area contributed by atoms with Gasteiger partial charge < -0.3 is 10.3 Å². The largest absolute Gasteiger partial charge is 0.361 e. The molecule has 3 aromatic rings. The lowest BCUT2D eigenvalue weighted by molar-refractivity contribution is -0.670. The average molecular weight is 252 g/mol. The number of hydrogen-bond acceptors (Lipinski definition) is 1. The average Bonchev–Trinajstić information content (AvgIpc) is 2.88. The summed E-state index contributed by atoms with van der Waals surface area (Å²) in [6.45, 7) is 2.12. The molecule has 2 heterocycles. The van der Waals surface area contributed by atoms with Crippen LogP contribution in [0.15, 0.2) is 55.0 Å². The predicted octanol–water partition coefficient (Wildman–Crippen LogP) is 1.87. The highest BCUT2D eigenvalue weighted by Gasteiger charge is 2.03. The first-order valence-corrected chi connectivity index (χ1v) is 6.69. The molecule has 0 aliphatic rings. The highest BCUT2D eigenvalue weighted by molar-refractivity contribution is 5.82. The van der Waals surface area contributed by atoms with Crippen LogP contribution in [0, 0.1) is 0 Å². The molecule has 0 bridgehead atoms. The van der Waals surface area contributed by atoms with E-state index in [-0.39, 0.29) is 0 Å².